The summed E-state index contributed by atoms with van der Waals surface area (Å²) in [5, 5.41) is 9.98. The smallest absolute Gasteiger partial charge is 0.273 e. The van der Waals surface area contributed by atoms with Gasteiger partial charge in [-0.25, -0.2) is 13.5 Å². The van der Waals surface area contributed by atoms with Gasteiger partial charge >= 0.3 is 0 Å². The number of anilines is 1. The molecule has 6 nitrogen and oxygen atoms in total. The lowest BCUT2D eigenvalue weighted by molar-refractivity contribution is -0.126. The maximum Gasteiger partial charge on any atom is 0.273 e. The highest BCUT2D eigenvalue weighted by Crippen LogP contribution is 2.35. The maximum absolute atomic E-state index is 14.3. The van der Waals surface area contributed by atoms with Gasteiger partial charge in [0.1, 0.15) is 0 Å². The molecule has 2 heterocycles. The molecule has 0 spiro atoms. The average molecular weight is 438 g/mol. The van der Waals surface area contributed by atoms with Crippen LogP contribution in [0.15, 0.2) is 60.7 Å². The number of amides is 2. The zero-order valence-electron chi connectivity index (χ0n) is 17.8. The summed E-state index contributed by atoms with van der Waals surface area (Å²) in [6.45, 7) is 3.42. The lowest BCUT2D eigenvalue weighted by Gasteiger charge is -2.15. The molecule has 2 atom stereocenters. The third kappa shape index (κ3) is 4.12. The van der Waals surface area contributed by atoms with Crippen LogP contribution in [-0.2, 0) is 15.5 Å². The summed E-state index contributed by atoms with van der Waals surface area (Å²) in [6, 6.07) is 17.1. The van der Waals surface area contributed by atoms with Crippen LogP contribution >= 0.6 is 0 Å². The van der Waals surface area contributed by atoms with E-state index in [1.54, 1.807) is 29.8 Å². The van der Waals surface area contributed by atoms with E-state index in [9.17, 15) is 18.4 Å². The number of rotatable bonds is 6. The van der Waals surface area contributed by atoms with Crippen molar-refractivity contribution in [2.24, 2.45) is 11.8 Å². The topological polar surface area (TPSA) is 76.0 Å². The first kappa shape index (κ1) is 21.7. The molecular weight excluding hydrogens is 414 g/mol. The maximum atomic E-state index is 14.3. The molecule has 8 heteroatoms. The third-order valence-corrected chi connectivity index (χ3v) is 5.84. The van der Waals surface area contributed by atoms with Gasteiger partial charge in [0.15, 0.2) is 5.82 Å². The van der Waals surface area contributed by atoms with E-state index >= 15 is 0 Å². The molecular formula is C24H24F2N4O2. The molecule has 1 saturated heterocycles. The van der Waals surface area contributed by atoms with Gasteiger partial charge in [0.2, 0.25) is 11.8 Å². The molecule has 1 aromatic heterocycles. The Bertz CT molecular complexity index is 1140. The van der Waals surface area contributed by atoms with Crippen LogP contribution in [0.4, 0.5) is 14.6 Å². The number of nitrogens with zero attached hydrogens (tertiary/aromatic N) is 2. The molecule has 1 fully saturated rings. The molecule has 0 unspecified atom stereocenters. The van der Waals surface area contributed by atoms with Crippen LogP contribution in [-0.4, -0.2) is 28.1 Å². The summed E-state index contributed by atoms with van der Waals surface area (Å²) in [5.41, 5.74) is 1.77. The van der Waals surface area contributed by atoms with E-state index in [0.717, 1.165) is 5.69 Å². The quantitative estimate of drug-likeness (QED) is 0.600. The number of alkyl halides is 2. The second-order valence-electron chi connectivity index (χ2n) is 7.93. The lowest BCUT2D eigenvalue weighted by Crippen LogP contribution is -2.28. The van der Waals surface area contributed by atoms with Crippen molar-refractivity contribution < 1.29 is 18.4 Å². The summed E-state index contributed by atoms with van der Waals surface area (Å²) in [5.74, 6) is -4.06. The second kappa shape index (κ2) is 8.53. The van der Waals surface area contributed by atoms with Crippen LogP contribution in [0.3, 0.4) is 0 Å². The van der Waals surface area contributed by atoms with Crippen molar-refractivity contribution in [3.8, 4) is 16.9 Å². The van der Waals surface area contributed by atoms with Gasteiger partial charge in [0, 0.05) is 36.1 Å². The van der Waals surface area contributed by atoms with Crippen molar-refractivity contribution >= 4 is 17.6 Å². The Morgan fingerprint density at radius 3 is 2.59 bits per heavy atom. The summed E-state index contributed by atoms with van der Waals surface area (Å²) in [6.07, 6.45) is -0.304. The number of para-hydroxylation sites is 1. The minimum Gasteiger partial charge on any atom is -0.355 e. The van der Waals surface area contributed by atoms with Crippen LogP contribution in [0.25, 0.3) is 16.9 Å². The Balaban J connectivity index is 1.72. The summed E-state index contributed by atoms with van der Waals surface area (Å²) < 4.78 is 30.2. The molecule has 32 heavy (non-hydrogen) atoms. The van der Waals surface area contributed by atoms with Gasteiger partial charge < -0.3 is 10.6 Å². The highest BCUT2D eigenvalue weighted by atomic mass is 19.3. The Morgan fingerprint density at radius 2 is 1.94 bits per heavy atom. The molecule has 0 saturated carbocycles. The average Bonchev–Trinajstić information content (AvgIpc) is 3.38. The number of nitrogens with one attached hydrogen (secondary N) is 2. The van der Waals surface area contributed by atoms with Crippen LogP contribution in [0.5, 0.6) is 0 Å². The lowest BCUT2D eigenvalue weighted by atomic mass is 9.97. The van der Waals surface area contributed by atoms with Gasteiger partial charge in [-0.1, -0.05) is 50.2 Å². The molecule has 4 rings (SSSR count). The Labute approximate surface area is 184 Å². The normalized spacial score (nSPS) is 18.4. The molecule has 2 amide bonds. The first-order chi connectivity index (χ1) is 15.3. The minimum atomic E-state index is -2.94. The van der Waals surface area contributed by atoms with E-state index in [1.165, 1.54) is 19.1 Å². The zero-order valence-corrected chi connectivity index (χ0v) is 17.8. The third-order valence-electron chi connectivity index (χ3n) is 5.84. The number of hydrogen-bond acceptors (Lipinski definition) is 3. The summed E-state index contributed by atoms with van der Waals surface area (Å²) in [7, 11) is 0. The van der Waals surface area contributed by atoms with Crippen molar-refractivity contribution in [3.63, 3.8) is 0 Å². The molecule has 0 radical (unpaired) electrons. The molecule has 2 N–H and O–H groups in total. The molecule has 166 valence electrons. The summed E-state index contributed by atoms with van der Waals surface area (Å²) >= 11 is 0. The van der Waals surface area contributed by atoms with Crippen LogP contribution < -0.4 is 10.6 Å². The first-order valence-corrected chi connectivity index (χ1v) is 10.5. The molecule has 1 aliphatic rings. The number of hydrogen-bond donors (Lipinski definition) is 2. The number of carbonyl (C=O) groups excluding carboxylic acids is 2. The van der Waals surface area contributed by atoms with Gasteiger partial charge in [0.05, 0.1) is 17.3 Å². The Kier molecular flexibility index (Phi) is 5.78. The number of carbonyl (C=O) groups is 2. The first-order valence-electron chi connectivity index (χ1n) is 10.5. The molecule has 1 aliphatic heterocycles. The fraction of sp³-hybridized carbons (Fsp3) is 0.292. The fourth-order valence-corrected chi connectivity index (χ4v) is 3.79. The van der Waals surface area contributed by atoms with Crippen molar-refractivity contribution in [1.82, 2.24) is 15.1 Å². The fourth-order valence-electron chi connectivity index (χ4n) is 3.79. The standard InChI is InChI=1S/C24H24F2N4O2/c1-3-24(25,26)17-9-7-8-16(12-17)20-13-21(29-30(20)18-10-5-4-6-11-18)28-23(32)19-14-27-22(31)15(19)2/h4-13,15,19H,3,14H2,1-2H3,(H,27,31)(H,28,29,32)/t15-,19+/m1/s1. The van der Waals surface area contributed by atoms with E-state index < -0.39 is 17.8 Å². The van der Waals surface area contributed by atoms with Crippen molar-refractivity contribution in [2.75, 3.05) is 11.9 Å². The Hall–Kier alpha value is -3.55. The van der Waals surface area contributed by atoms with Crippen molar-refractivity contribution in [1.29, 1.82) is 0 Å². The van der Waals surface area contributed by atoms with E-state index in [2.05, 4.69) is 15.7 Å². The zero-order chi connectivity index (χ0) is 22.9. The summed E-state index contributed by atoms with van der Waals surface area (Å²) in [4.78, 5) is 24.5. The van der Waals surface area contributed by atoms with E-state index in [4.69, 9.17) is 0 Å². The largest absolute Gasteiger partial charge is 0.355 e. The Morgan fingerprint density at radius 1 is 1.19 bits per heavy atom. The highest BCUT2D eigenvalue weighted by Gasteiger charge is 2.36. The predicted molar refractivity (Wildman–Crippen MR) is 117 cm³/mol. The number of aromatic nitrogens is 2. The van der Waals surface area contributed by atoms with Crippen LogP contribution in [0.2, 0.25) is 0 Å². The molecule has 3 aromatic rings. The molecule has 0 aliphatic carbocycles. The monoisotopic (exact) mass is 438 g/mol. The van der Waals surface area contributed by atoms with E-state index in [-0.39, 0.29) is 36.2 Å². The number of halogens is 2. The number of benzene rings is 2. The van der Waals surface area contributed by atoms with Gasteiger partial charge in [-0.15, -0.1) is 5.10 Å². The van der Waals surface area contributed by atoms with Gasteiger partial charge in [0.25, 0.3) is 5.92 Å². The van der Waals surface area contributed by atoms with Crippen molar-refractivity contribution in [3.05, 3.63) is 66.2 Å². The van der Waals surface area contributed by atoms with Gasteiger partial charge in [-0.2, -0.15) is 0 Å². The second-order valence-corrected chi connectivity index (χ2v) is 7.93. The predicted octanol–water partition coefficient (Wildman–Crippen LogP) is 4.36. The molecule has 0 bridgehead atoms. The van der Waals surface area contributed by atoms with Crippen LogP contribution in [0, 0.1) is 11.8 Å². The van der Waals surface area contributed by atoms with E-state index in [0.29, 0.717) is 11.3 Å². The van der Waals surface area contributed by atoms with Crippen molar-refractivity contribution in [2.45, 2.75) is 26.2 Å². The van der Waals surface area contributed by atoms with Crippen LogP contribution in [0.1, 0.15) is 25.8 Å². The SMILES string of the molecule is CCC(F)(F)c1cccc(-c2cc(NC(=O)[C@H]3CNC(=O)[C@@H]3C)nn2-c2ccccc2)c1. The molecule has 2 aromatic carbocycles. The van der Waals surface area contributed by atoms with Gasteiger partial charge in [-0.3, -0.25) is 9.59 Å². The van der Waals surface area contributed by atoms with Gasteiger partial charge in [-0.05, 0) is 18.2 Å². The minimum absolute atomic E-state index is 0.0757. The van der Waals surface area contributed by atoms with E-state index in [1.807, 2.05) is 30.3 Å². The highest BCUT2D eigenvalue weighted by molar-refractivity contribution is 5.98.